The maximum Gasteiger partial charge on any atom is 0.138 e. The van der Waals surface area contributed by atoms with Crippen LogP contribution in [0.3, 0.4) is 0 Å². The third kappa shape index (κ3) is 1.50. The van der Waals surface area contributed by atoms with Gasteiger partial charge in [0.15, 0.2) is 0 Å². The minimum Gasteiger partial charge on any atom is -0.374 e. The lowest BCUT2D eigenvalue weighted by atomic mass is 10.2. The zero-order valence-corrected chi connectivity index (χ0v) is 8.27. The maximum atomic E-state index is 8.52. The van der Waals surface area contributed by atoms with E-state index in [0.717, 1.165) is 17.9 Å². The highest BCUT2D eigenvalue weighted by atomic mass is 32.2. The molecule has 13 heavy (non-hydrogen) atoms. The van der Waals surface area contributed by atoms with Gasteiger partial charge in [-0.3, -0.25) is 0 Å². The number of anilines is 1. The Labute approximate surface area is 82.2 Å². The molecule has 1 aliphatic heterocycles. The number of hydrogen-bond acceptors (Lipinski definition) is 3. The second-order valence-electron chi connectivity index (χ2n) is 3.16. The van der Waals surface area contributed by atoms with Gasteiger partial charge in [-0.15, -0.1) is 0 Å². The number of fused-ring (bicyclic) bond motifs is 1. The molecule has 0 saturated heterocycles. The smallest absolute Gasteiger partial charge is 0.138 e. The van der Waals surface area contributed by atoms with Crippen LogP contribution in [0.15, 0.2) is 23.1 Å². The van der Waals surface area contributed by atoms with Gasteiger partial charge in [-0.1, -0.05) is 0 Å². The molecule has 0 saturated carbocycles. The fourth-order valence-corrected chi connectivity index (χ4v) is 2.10. The van der Waals surface area contributed by atoms with E-state index in [1.54, 1.807) is 0 Å². The molecule has 0 fully saturated rings. The van der Waals surface area contributed by atoms with Crippen LogP contribution in [0.1, 0.15) is 5.56 Å². The fourth-order valence-electron chi connectivity index (χ4n) is 1.66. The lowest BCUT2D eigenvalue weighted by Crippen LogP contribution is -2.12. The second kappa shape index (κ2) is 3.31. The van der Waals surface area contributed by atoms with Gasteiger partial charge in [-0.25, -0.2) is 0 Å². The van der Waals surface area contributed by atoms with Crippen LogP contribution in [0.25, 0.3) is 0 Å². The van der Waals surface area contributed by atoms with Crippen LogP contribution >= 0.6 is 11.8 Å². The van der Waals surface area contributed by atoms with Crippen molar-refractivity contribution in [2.24, 2.45) is 0 Å². The van der Waals surface area contributed by atoms with E-state index in [4.69, 9.17) is 5.26 Å². The summed E-state index contributed by atoms with van der Waals surface area (Å²) in [7, 11) is 2.10. The summed E-state index contributed by atoms with van der Waals surface area (Å²) >= 11 is 1.23. The zero-order valence-electron chi connectivity index (χ0n) is 7.45. The Balaban J connectivity index is 2.35. The predicted octanol–water partition coefficient (Wildman–Crippen LogP) is 2.25. The van der Waals surface area contributed by atoms with Crippen molar-refractivity contribution in [2.75, 3.05) is 18.5 Å². The van der Waals surface area contributed by atoms with Crippen LogP contribution in [0.2, 0.25) is 0 Å². The van der Waals surface area contributed by atoms with Crippen LogP contribution in [0.5, 0.6) is 0 Å². The highest BCUT2D eigenvalue weighted by molar-refractivity contribution is 8.03. The fraction of sp³-hybridized carbons (Fsp3) is 0.300. The van der Waals surface area contributed by atoms with E-state index in [2.05, 4.69) is 29.5 Å². The van der Waals surface area contributed by atoms with Crippen molar-refractivity contribution in [3.63, 3.8) is 0 Å². The molecule has 1 aromatic rings. The van der Waals surface area contributed by atoms with Gasteiger partial charge in [-0.2, -0.15) is 5.26 Å². The number of thiocyanates is 1. The van der Waals surface area contributed by atoms with E-state index in [1.807, 2.05) is 6.07 Å². The lowest BCUT2D eigenvalue weighted by molar-refractivity contribution is 0.956. The van der Waals surface area contributed by atoms with E-state index in [9.17, 15) is 0 Å². The number of likely N-dealkylation sites (N-methyl/N-ethyl adjacent to an activating group) is 1. The molecule has 0 aliphatic carbocycles. The van der Waals surface area contributed by atoms with Crippen LogP contribution < -0.4 is 4.90 Å². The number of hydrogen-bond donors (Lipinski definition) is 0. The average molecular weight is 190 g/mol. The normalized spacial score (nSPS) is 14.0. The average Bonchev–Trinajstić information content (AvgIpc) is 2.48. The first-order valence-corrected chi connectivity index (χ1v) is 5.03. The Kier molecular flexibility index (Phi) is 2.15. The molecule has 1 aliphatic rings. The van der Waals surface area contributed by atoms with Gasteiger partial charge in [0.2, 0.25) is 0 Å². The molecule has 0 N–H and O–H groups in total. The first-order chi connectivity index (χ1) is 6.31. The summed E-state index contributed by atoms with van der Waals surface area (Å²) in [5.74, 6) is 0. The summed E-state index contributed by atoms with van der Waals surface area (Å²) < 4.78 is 0. The van der Waals surface area contributed by atoms with Crippen LogP contribution in [0, 0.1) is 10.7 Å². The van der Waals surface area contributed by atoms with E-state index in [-0.39, 0.29) is 0 Å². The molecule has 1 aromatic carbocycles. The monoisotopic (exact) mass is 190 g/mol. The molecule has 2 nitrogen and oxygen atoms in total. The second-order valence-corrected chi connectivity index (χ2v) is 4.01. The quantitative estimate of drug-likeness (QED) is 0.502. The molecule has 0 unspecified atom stereocenters. The molecule has 3 heteroatoms. The van der Waals surface area contributed by atoms with E-state index >= 15 is 0 Å². The Hall–Kier alpha value is -1.14. The summed E-state index contributed by atoms with van der Waals surface area (Å²) in [5, 5.41) is 10.6. The van der Waals surface area contributed by atoms with Crippen LogP contribution in [-0.2, 0) is 6.42 Å². The third-order valence-corrected chi connectivity index (χ3v) is 2.92. The Morgan fingerprint density at radius 2 is 2.38 bits per heavy atom. The maximum absolute atomic E-state index is 8.52. The summed E-state index contributed by atoms with van der Waals surface area (Å²) in [6.07, 6.45) is 1.10. The largest absolute Gasteiger partial charge is 0.374 e. The molecule has 0 radical (unpaired) electrons. The Morgan fingerprint density at radius 1 is 1.54 bits per heavy atom. The van der Waals surface area contributed by atoms with E-state index < -0.39 is 0 Å². The first kappa shape index (κ1) is 8.46. The molecule has 66 valence electrons. The lowest BCUT2D eigenvalue weighted by Gasteiger charge is -2.11. The molecule has 0 bridgehead atoms. The first-order valence-electron chi connectivity index (χ1n) is 4.21. The predicted molar refractivity (Wildman–Crippen MR) is 54.9 cm³/mol. The molecular formula is C10H10N2S. The van der Waals surface area contributed by atoms with Gasteiger partial charge < -0.3 is 4.90 Å². The SMILES string of the molecule is CN1CCc2cc(SC#N)ccc21. The summed E-state index contributed by atoms with van der Waals surface area (Å²) in [6.45, 7) is 1.09. The molecule has 0 spiro atoms. The van der Waals surface area contributed by atoms with Crippen molar-refractivity contribution in [1.29, 1.82) is 5.26 Å². The van der Waals surface area contributed by atoms with Crippen molar-refractivity contribution in [3.05, 3.63) is 23.8 Å². The van der Waals surface area contributed by atoms with Gasteiger partial charge in [0, 0.05) is 24.2 Å². The molecule has 0 amide bonds. The highest BCUT2D eigenvalue weighted by Gasteiger charge is 2.15. The number of benzene rings is 1. The van der Waals surface area contributed by atoms with Crippen molar-refractivity contribution in [2.45, 2.75) is 11.3 Å². The van der Waals surface area contributed by atoms with Gasteiger partial charge in [0.05, 0.1) is 0 Å². The van der Waals surface area contributed by atoms with E-state index in [0.29, 0.717) is 0 Å². The van der Waals surface area contributed by atoms with Crippen molar-refractivity contribution in [1.82, 2.24) is 0 Å². The minimum absolute atomic E-state index is 1.05. The summed E-state index contributed by atoms with van der Waals surface area (Å²) in [6, 6.07) is 6.23. The van der Waals surface area contributed by atoms with Gasteiger partial charge in [-0.05, 0) is 41.9 Å². The molecule has 1 heterocycles. The zero-order chi connectivity index (χ0) is 9.26. The number of nitrogens with zero attached hydrogens (tertiary/aromatic N) is 2. The minimum atomic E-state index is 1.05. The molecule has 0 atom stereocenters. The van der Waals surface area contributed by atoms with Crippen LogP contribution in [-0.4, -0.2) is 13.6 Å². The summed E-state index contributed by atoms with van der Waals surface area (Å²) in [4.78, 5) is 3.30. The topological polar surface area (TPSA) is 27.0 Å². The standard InChI is InChI=1S/C10H10N2S/c1-12-5-4-8-6-9(13-7-11)2-3-10(8)12/h2-3,6H,4-5H2,1H3. The molecule has 0 aromatic heterocycles. The third-order valence-electron chi connectivity index (χ3n) is 2.34. The van der Waals surface area contributed by atoms with Crippen molar-refractivity contribution < 1.29 is 0 Å². The van der Waals surface area contributed by atoms with Gasteiger partial charge in [0.1, 0.15) is 5.40 Å². The van der Waals surface area contributed by atoms with Gasteiger partial charge in [0.25, 0.3) is 0 Å². The van der Waals surface area contributed by atoms with Crippen LogP contribution in [0.4, 0.5) is 5.69 Å². The number of thioether (sulfide) groups is 1. The Bertz CT molecular complexity index is 368. The van der Waals surface area contributed by atoms with Crippen molar-refractivity contribution in [3.8, 4) is 5.40 Å². The molecular weight excluding hydrogens is 180 g/mol. The van der Waals surface area contributed by atoms with Crippen molar-refractivity contribution >= 4 is 17.4 Å². The molecule has 2 rings (SSSR count). The number of nitriles is 1. The Morgan fingerprint density at radius 3 is 3.15 bits per heavy atom. The van der Waals surface area contributed by atoms with Gasteiger partial charge >= 0.3 is 0 Å². The highest BCUT2D eigenvalue weighted by Crippen LogP contribution is 2.30. The number of rotatable bonds is 1. The summed E-state index contributed by atoms with van der Waals surface area (Å²) in [5.41, 5.74) is 2.67. The van der Waals surface area contributed by atoms with E-state index in [1.165, 1.54) is 23.0 Å².